The van der Waals surface area contributed by atoms with Gasteiger partial charge in [-0.3, -0.25) is 0 Å². The Balaban J connectivity index is 1.96. The van der Waals surface area contributed by atoms with Crippen LogP contribution in [0, 0.1) is 0 Å². The van der Waals surface area contributed by atoms with Gasteiger partial charge < -0.3 is 10.3 Å². The molecule has 2 N–H and O–H groups in total. The average Bonchev–Trinajstić information content (AvgIpc) is 2.83. The summed E-state index contributed by atoms with van der Waals surface area (Å²) in [7, 11) is 1.97. The number of nitrogens with two attached hydrogens (primary N) is 1. The zero-order valence-corrected chi connectivity index (χ0v) is 12.7. The molecule has 2 aromatic heterocycles. The van der Waals surface area contributed by atoms with Gasteiger partial charge in [-0.05, 0) is 28.1 Å². The van der Waals surface area contributed by atoms with Crippen molar-refractivity contribution in [2.24, 2.45) is 12.8 Å². The number of pyridine rings is 1. The second-order valence-corrected chi connectivity index (χ2v) is 5.67. The second kappa shape index (κ2) is 5.34. The molecular formula is C15H15BrN4. The highest BCUT2D eigenvalue weighted by molar-refractivity contribution is 9.10. The molecule has 1 aromatic carbocycles. The summed E-state index contributed by atoms with van der Waals surface area (Å²) in [5.41, 5.74) is 8.13. The summed E-state index contributed by atoms with van der Waals surface area (Å²) in [6, 6.07) is 9.91. The van der Waals surface area contributed by atoms with Crippen LogP contribution in [0.1, 0.15) is 17.6 Å². The molecule has 0 aliphatic carbocycles. The lowest BCUT2D eigenvalue weighted by atomic mass is 10.1. The van der Waals surface area contributed by atoms with E-state index in [9.17, 15) is 0 Å². The van der Waals surface area contributed by atoms with E-state index in [0.29, 0.717) is 6.42 Å². The number of rotatable bonds is 3. The Kier molecular flexibility index (Phi) is 3.54. The largest absolute Gasteiger partial charge is 0.338 e. The number of nitrogens with zero attached hydrogens (tertiary/aromatic N) is 3. The topological polar surface area (TPSA) is 56.7 Å². The molecule has 0 radical (unpaired) electrons. The number of benzene rings is 1. The van der Waals surface area contributed by atoms with Crippen LogP contribution in [-0.4, -0.2) is 14.5 Å². The molecule has 0 aliphatic rings. The van der Waals surface area contributed by atoms with Gasteiger partial charge in [0.2, 0.25) is 0 Å². The lowest BCUT2D eigenvalue weighted by molar-refractivity contribution is 0.643. The van der Waals surface area contributed by atoms with E-state index < -0.39 is 0 Å². The molecular weight excluding hydrogens is 316 g/mol. The molecule has 0 aliphatic heterocycles. The van der Waals surface area contributed by atoms with Crippen molar-refractivity contribution >= 4 is 26.8 Å². The lowest BCUT2D eigenvalue weighted by Crippen LogP contribution is -2.17. The Morgan fingerprint density at radius 2 is 2.15 bits per heavy atom. The number of hydrogen-bond acceptors (Lipinski definition) is 3. The van der Waals surface area contributed by atoms with Crippen molar-refractivity contribution < 1.29 is 0 Å². The van der Waals surface area contributed by atoms with Crippen LogP contribution in [0.2, 0.25) is 0 Å². The zero-order chi connectivity index (χ0) is 14.1. The Labute approximate surface area is 125 Å². The fourth-order valence-corrected chi connectivity index (χ4v) is 2.88. The van der Waals surface area contributed by atoms with Gasteiger partial charge in [-0.1, -0.05) is 18.2 Å². The highest BCUT2D eigenvalue weighted by Crippen LogP contribution is 2.26. The molecule has 102 valence electrons. The number of para-hydroxylation sites is 1. The number of imidazole rings is 1. The number of halogens is 1. The van der Waals surface area contributed by atoms with Gasteiger partial charge in [0.25, 0.3) is 0 Å². The lowest BCUT2D eigenvalue weighted by Gasteiger charge is -2.14. The van der Waals surface area contributed by atoms with Crippen molar-refractivity contribution in [3.63, 3.8) is 0 Å². The molecule has 0 bridgehead atoms. The Morgan fingerprint density at radius 3 is 2.90 bits per heavy atom. The van der Waals surface area contributed by atoms with Gasteiger partial charge in [0, 0.05) is 35.7 Å². The average molecular weight is 331 g/mol. The zero-order valence-electron chi connectivity index (χ0n) is 11.1. The molecule has 20 heavy (non-hydrogen) atoms. The number of aromatic nitrogens is 3. The molecule has 0 spiro atoms. The normalized spacial score (nSPS) is 12.8. The summed E-state index contributed by atoms with van der Waals surface area (Å²) in [5.74, 6) is 0.958. The van der Waals surface area contributed by atoms with Crippen molar-refractivity contribution in [3.05, 3.63) is 58.7 Å². The summed E-state index contributed by atoms with van der Waals surface area (Å²) in [6.45, 7) is 0. The third-order valence-corrected chi connectivity index (χ3v) is 4.01. The summed E-state index contributed by atoms with van der Waals surface area (Å²) in [5, 5.41) is 1.10. The first-order chi connectivity index (χ1) is 9.65. The quantitative estimate of drug-likeness (QED) is 0.803. The van der Waals surface area contributed by atoms with Gasteiger partial charge in [-0.2, -0.15) is 0 Å². The van der Waals surface area contributed by atoms with E-state index in [1.54, 1.807) is 6.20 Å². The Hall–Kier alpha value is -1.72. The molecule has 2 heterocycles. The minimum Gasteiger partial charge on any atom is -0.338 e. The Morgan fingerprint density at radius 1 is 1.35 bits per heavy atom. The first-order valence-electron chi connectivity index (χ1n) is 6.42. The van der Waals surface area contributed by atoms with E-state index in [0.717, 1.165) is 26.9 Å². The maximum Gasteiger partial charge on any atom is 0.110 e. The second-order valence-electron chi connectivity index (χ2n) is 4.81. The molecule has 0 fully saturated rings. The third kappa shape index (κ3) is 2.46. The minimum atomic E-state index is -0.185. The summed E-state index contributed by atoms with van der Waals surface area (Å²) in [6.07, 6.45) is 4.36. The van der Waals surface area contributed by atoms with Crippen LogP contribution in [0.25, 0.3) is 10.9 Å². The summed E-state index contributed by atoms with van der Waals surface area (Å²) in [4.78, 5) is 8.99. The van der Waals surface area contributed by atoms with Crippen molar-refractivity contribution in [3.8, 4) is 0 Å². The highest BCUT2D eigenvalue weighted by Gasteiger charge is 2.15. The standard InChI is InChI=1S/C15H15BrN4/c1-20-7-6-18-14(20)9-12(17)15-11(16)8-10-4-2-3-5-13(10)19-15/h2-8,12H,9,17H2,1H3. The van der Waals surface area contributed by atoms with E-state index in [-0.39, 0.29) is 6.04 Å². The van der Waals surface area contributed by atoms with Gasteiger partial charge in [0.05, 0.1) is 17.3 Å². The smallest absolute Gasteiger partial charge is 0.110 e. The first-order valence-corrected chi connectivity index (χ1v) is 7.21. The SMILES string of the molecule is Cn1ccnc1CC(N)c1nc2ccccc2cc1Br. The fraction of sp³-hybridized carbons (Fsp3) is 0.200. The summed E-state index contributed by atoms with van der Waals surface area (Å²) >= 11 is 3.57. The van der Waals surface area contributed by atoms with Crippen molar-refractivity contribution in [2.75, 3.05) is 0 Å². The maximum atomic E-state index is 6.30. The van der Waals surface area contributed by atoms with Gasteiger partial charge in [0.15, 0.2) is 0 Å². The van der Waals surface area contributed by atoms with Crippen LogP contribution in [0.4, 0.5) is 0 Å². The van der Waals surface area contributed by atoms with Crippen molar-refractivity contribution in [1.29, 1.82) is 0 Å². The van der Waals surface area contributed by atoms with Crippen LogP contribution in [0.5, 0.6) is 0 Å². The molecule has 3 rings (SSSR count). The first kappa shape index (κ1) is 13.3. The van der Waals surface area contributed by atoms with Crippen LogP contribution in [0.3, 0.4) is 0 Å². The molecule has 4 nitrogen and oxygen atoms in total. The molecule has 0 saturated heterocycles. The summed E-state index contributed by atoms with van der Waals surface area (Å²) < 4.78 is 2.92. The van der Waals surface area contributed by atoms with Crippen LogP contribution in [0.15, 0.2) is 47.2 Å². The van der Waals surface area contributed by atoms with Gasteiger partial charge >= 0.3 is 0 Å². The van der Waals surface area contributed by atoms with Gasteiger partial charge in [0.1, 0.15) is 5.82 Å². The molecule has 1 atom stereocenters. The van der Waals surface area contributed by atoms with Crippen LogP contribution < -0.4 is 5.73 Å². The van der Waals surface area contributed by atoms with Crippen molar-refractivity contribution in [1.82, 2.24) is 14.5 Å². The molecule has 3 aromatic rings. The number of aryl methyl sites for hydroxylation is 1. The number of fused-ring (bicyclic) bond motifs is 1. The third-order valence-electron chi connectivity index (χ3n) is 3.38. The number of hydrogen-bond donors (Lipinski definition) is 1. The van der Waals surface area contributed by atoms with Crippen LogP contribution in [-0.2, 0) is 13.5 Å². The van der Waals surface area contributed by atoms with E-state index in [2.05, 4.69) is 32.0 Å². The predicted molar refractivity (Wildman–Crippen MR) is 83.3 cm³/mol. The predicted octanol–water partition coefficient (Wildman–Crippen LogP) is 2.97. The Bertz CT molecular complexity index is 750. The molecule has 0 amide bonds. The van der Waals surface area contributed by atoms with Crippen molar-refractivity contribution in [2.45, 2.75) is 12.5 Å². The molecule has 1 unspecified atom stereocenters. The fourth-order valence-electron chi connectivity index (χ4n) is 2.25. The van der Waals surface area contributed by atoms with E-state index in [4.69, 9.17) is 5.73 Å². The maximum absolute atomic E-state index is 6.30. The van der Waals surface area contributed by atoms with Gasteiger partial charge in [-0.25, -0.2) is 9.97 Å². The minimum absolute atomic E-state index is 0.185. The molecule has 0 saturated carbocycles. The highest BCUT2D eigenvalue weighted by atomic mass is 79.9. The van der Waals surface area contributed by atoms with E-state index in [1.165, 1.54) is 0 Å². The van der Waals surface area contributed by atoms with E-state index >= 15 is 0 Å². The molecule has 5 heteroatoms. The van der Waals surface area contributed by atoms with Gasteiger partial charge in [-0.15, -0.1) is 0 Å². The van der Waals surface area contributed by atoms with E-state index in [1.807, 2.05) is 42.1 Å². The van der Waals surface area contributed by atoms with Crippen LogP contribution >= 0.6 is 15.9 Å². The monoisotopic (exact) mass is 330 g/mol.